The van der Waals surface area contributed by atoms with Crippen molar-refractivity contribution in [1.29, 1.82) is 0 Å². The highest BCUT2D eigenvalue weighted by molar-refractivity contribution is 5.85. The van der Waals surface area contributed by atoms with Gasteiger partial charge in [-0.1, -0.05) is 42.0 Å². The molecule has 3 N–H and O–H groups in total. The number of benzene rings is 1. The fourth-order valence-electron chi connectivity index (χ4n) is 1.37. The van der Waals surface area contributed by atoms with Crippen LogP contribution < -0.4 is 5.73 Å². The van der Waals surface area contributed by atoms with Crippen molar-refractivity contribution in [2.24, 2.45) is 5.73 Å². The van der Waals surface area contributed by atoms with Crippen LogP contribution in [0, 0.1) is 0 Å². The lowest BCUT2D eigenvalue weighted by Crippen LogP contribution is -2.24. The van der Waals surface area contributed by atoms with Crippen molar-refractivity contribution >= 4 is 18.5 Å². The zero-order valence-electron chi connectivity index (χ0n) is 8.89. The van der Waals surface area contributed by atoms with Gasteiger partial charge in [0.15, 0.2) is 0 Å². The van der Waals surface area contributed by atoms with Gasteiger partial charge in [0, 0.05) is 6.04 Å². The molecular weight excluding hydrogens is 210 g/mol. The summed E-state index contributed by atoms with van der Waals surface area (Å²) in [4.78, 5) is 0. The Bertz CT molecular complexity index is 298. The fourth-order valence-corrected chi connectivity index (χ4v) is 1.37. The van der Waals surface area contributed by atoms with E-state index in [1.54, 1.807) is 0 Å². The first-order chi connectivity index (χ1) is 6.72. The Morgan fingerprint density at radius 3 is 2.53 bits per heavy atom. The highest BCUT2D eigenvalue weighted by Gasteiger charge is 2.00. The molecule has 0 radical (unpaired) electrons. The maximum Gasteiger partial charge on any atom is 0.0585 e. The number of aliphatic hydroxyl groups excluding tert-OH is 1. The molecule has 1 atom stereocenters. The van der Waals surface area contributed by atoms with Crippen molar-refractivity contribution < 1.29 is 5.11 Å². The first-order valence-electron chi connectivity index (χ1n) is 4.81. The van der Waals surface area contributed by atoms with E-state index >= 15 is 0 Å². The Hall–Kier alpha value is -0.830. The molecule has 0 aromatic heterocycles. The van der Waals surface area contributed by atoms with Crippen molar-refractivity contribution in [3.05, 3.63) is 41.5 Å². The molecule has 0 heterocycles. The van der Waals surface area contributed by atoms with E-state index in [2.05, 4.69) is 6.08 Å². The maximum atomic E-state index is 8.80. The van der Waals surface area contributed by atoms with E-state index in [9.17, 15) is 0 Å². The van der Waals surface area contributed by atoms with Crippen molar-refractivity contribution in [3.63, 3.8) is 0 Å². The van der Waals surface area contributed by atoms with E-state index in [1.165, 1.54) is 11.1 Å². The molecule has 1 unspecified atom stereocenters. The molecule has 0 aliphatic heterocycles. The van der Waals surface area contributed by atoms with Gasteiger partial charge in [-0.25, -0.2) is 0 Å². The van der Waals surface area contributed by atoms with Gasteiger partial charge in [0.05, 0.1) is 6.61 Å². The molecule has 0 spiro atoms. The van der Waals surface area contributed by atoms with Gasteiger partial charge in [0.1, 0.15) is 0 Å². The summed E-state index contributed by atoms with van der Waals surface area (Å²) in [5.41, 5.74) is 8.01. The summed E-state index contributed by atoms with van der Waals surface area (Å²) in [6.07, 6.45) is 2.83. The van der Waals surface area contributed by atoms with Gasteiger partial charge in [0.2, 0.25) is 0 Å². The van der Waals surface area contributed by atoms with Crippen LogP contribution in [0.2, 0.25) is 0 Å². The van der Waals surface area contributed by atoms with E-state index < -0.39 is 0 Å². The monoisotopic (exact) mass is 227 g/mol. The molecule has 0 amide bonds. The molecule has 1 aromatic rings. The van der Waals surface area contributed by atoms with Gasteiger partial charge in [0.25, 0.3) is 0 Å². The highest BCUT2D eigenvalue weighted by Crippen LogP contribution is 2.09. The standard InChI is InChI=1S/C12H17NO.ClH/c1-10(8-12(13)9-14)7-11-5-3-2-4-6-11;/h2-7,12,14H,8-9,13H2,1H3;1H/b10-7+;. The predicted molar refractivity (Wildman–Crippen MR) is 67.0 cm³/mol. The molecule has 1 rings (SSSR count). The SMILES string of the molecule is C/C(=C\c1ccccc1)CC(N)CO.Cl. The number of aliphatic hydroxyl groups is 1. The minimum atomic E-state index is -0.144. The Morgan fingerprint density at radius 2 is 2.00 bits per heavy atom. The molecule has 1 aromatic carbocycles. The first kappa shape index (κ1) is 14.2. The molecule has 0 bridgehead atoms. The van der Waals surface area contributed by atoms with Gasteiger partial charge >= 0.3 is 0 Å². The van der Waals surface area contributed by atoms with Crippen molar-refractivity contribution in [2.45, 2.75) is 19.4 Å². The normalized spacial score (nSPS) is 13.1. The second kappa shape index (κ2) is 7.46. The Labute approximate surface area is 97.2 Å². The van der Waals surface area contributed by atoms with E-state index in [0.29, 0.717) is 0 Å². The third-order valence-electron chi connectivity index (χ3n) is 2.03. The largest absolute Gasteiger partial charge is 0.395 e. The van der Waals surface area contributed by atoms with E-state index in [0.717, 1.165) is 6.42 Å². The van der Waals surface area contributed by atoms with Crippen LogP contribution in [0.1, 0.15) is 18.9 Å². The van der Waals surface area contributed by atoms with Crippen molar-refractivity contribution in [3.8, 4) is 0 Å². The number of nitrogens with two attached hydrogens (primary N) is 1. The molecule has 0 saturated heterocycles. The molecule has 0 aliphatic carbocycles. The highest BCUT2D eigenvalue weighted by atomic mass is 35.5. The molecule has 0 saturated carbocycles. The topological polar surface area (TPSA) is 46.2 Å². The summed E-state index contributed by atoms with van der Waals surface area (Å²) < 4.78 is 0. The van der Waals surface area contributed by atoms with E-state index in [4.69, 9.17) is 10.8 Å². The van der Waals surface area contributed by atoms with Gasteiger partial charge in [-0.3, -0.25) is 0 Å². The van der Waals surface area contributed by atoms with Crippen molar-refractivity contribution in [1.82, 2.24) is 0 Å². The zero-order valence-corrected chi connectivity index (χ0v) is 9.70. The molecule has 0 aliphatic rings. The number of hydrogen-bond acceptors (Lipinski definition) is 2. The van der Waals surface area contributed by atoms with E-state index in [-0.39, 0.29) is 25.1 Å². The fraction of sp³-hybridized carbons (Fsp3) is 0.333. The summed E-state index contributed by atoms with van der Waals surface area (Å²) in [5, 5.41) is 8.80. The average Bonchev–Trinajstić information content (AvgIpc) is 2.19. The van der Waals surface area contributed by atoms with Gasteiger partial charge in [-0.05, 0) is 18.9 Å². The Morgan fingerprint density at radius 1 is 1.40 bits per heavy atom. The number of hydrogen-bond donors (Lipinski definition) is 2. The summed E-state index contributed by atoms with van der Waals surface area (Å²) >= 11 is 0. The zero-order chi connectivity index (χ0) is 10.4. The Kier molecular flexibility index (Phi) is 7.05. The van der Waals surface area contributed by atoms with Crippen molar-refractivity contribution in [2.75, 3.05) is 6.61 Å². The molecule has 15 heavy (non-hydrogen) atoms. The third kappa shape index (κ3) is 5.57. The lowest BCUT2D eigenvalue weighted by molar-refractivity contribution is 0.265. The van der Waals surface area contributed by atoms with Crippen LogP contribution in [-0.2, 0) is 0 Å². The molecular formula is C12H18ClNO. The predicted octanol–water partition coefficient (Wildman–Crippen LogP) is 2.22. The lowest BCUT2D eigenvalue weighted by Gasteiger charge is -2.07. The second-order valence-corrected chi connectivity index (χ2v) is 3.55. The van der Waals surface area contributed by atoms with Crippen LogP contribution in [0.25, 0.3) is 6.08 Å². The first-order valence-corrected chi connectivity index (χ1v) is 4.81. The van der Waals surface area contributed by atoms with E-state index in [1.807, 2.05) is 37.3 Å². The van der Waals surface area contributed by atoms with Crippen LogP contribution in [-0.4, -0.2) is 17.8 Å². The van der Waals surface area contributed by atoms with Crippen LogP contribution in [0.5, 0.6) is 0 Å². The molecule has 2 nitrogen and oxygen atoms in total. The summed E-state index contributed by atoms with van der Waals surface area (Å²) in [6.45, 7) is 2.07. The minimum Gasteiger partial charge on any atom is -0.395 e. The number of rotatable bonds is 4. The van der Waals surface area contributed by atoms with Crippen LogP contribution >= 0.6 is 12.4 Å². The van der Waals surface area contributed by atoms with Gasteiger partial charge in [-0.2, -0.15) is 0 Å². The smallest absolute Gasteiger partial charge is 0.0585 e. The maximum absolute atomic E-state index is 8.80. The van der Waals surface area contributed by atoms with Gasteiger partial charge < -0.3 is 10.8 Å². The molecule has 3 heteroatoms. The van der Waals surface area contributed by atoms with Crippen LogP contribution in [0.15, 0.2) is 35.9 Å². The summed E-state index contributed by atoms with van der Waals surface area (Å²) in [7, 11) is 0. The molecule has 0 fully saturated rings. The van der Waals surface area contributed by atoms with Crippen LogP contribution in [0.4, 0.5) is 0 Å². The lowest BCUT2D eigenvalue weighted by atomic mass is 10.1. The Balaban J connectivity index is 0.00000196. The van der Waals surface area contributed by atoms with Gasteiger partial charge in [-0.15, -0.1) is 12.4 Å². The second-order valence-electron chi connectivity index (χ2n) is 3.55. The molecule has 84 valence electrons. The summed E-state index contributed by atoms with van der Waals surface area (Å²) in [5.74, 6) is 0. The average molecular weight is 228 g/mol. The van der Waals surface area contributed by atoms with Crippen LogP contribution in [0.3, 0.4) is 0 Å². The third-order valence-corrected chi connectivity index (χ3v) is 2.03. The summed E-state index contributed by atoms with van der Waals surface area (Å²) in [6, 6.07) is 9.96. The minimum absolute atomic E-state index is 0. The number of halogens is 1. The quantitative estimate of drug-likeness (QED) is 0.829.